The number of rotatable bonds is 2. The van der Waals surface area contributed by atoms with Gasteiger partial charge >= 0.3 is 6.18 Å². The maximum atomic E-state index is 11.7. The SMILES string of the molecule is C[C@H]1CC[C@@H](NCC(F)(F)F)C1. The van der Waals surface area contributed by atoms with Gasteiger partial charge in [-0.25, -0.2) is 0 Å². The minimum absolute atomic E-state index is 0.0848. The van der Waals surface area contributed by atoms with E-state index < -0.39 is 12.7 Å². The Hall–Kier alpha value is -0.250. The van der Waals surface area contributed by atoms with Crippen molar-refractivity contribution in [3.05, 3.63) is 0 Å². The van der Waals surface area contributed by atoms with Gasteiger partial charge in [0.25, 0.3) is 0 Å². The average molecular weight is 181 g/mol. The zero-order chi connectivity index (χ0) is 9.19. The lowest BCUT2D eigenvalue weighted by Gasteiger charge is -2.13. The number of hydrogen-bond donors (Lipinski definition) is 1. The van der Waals surface area contributed by atoms with Gasteiger partial charge < -0.3 is 5.32 Å². The molecule has 1 nitrogen and oxygen atoms in total. The Kier molecular flexibility index (Phi) is 2.99. The molecule has 0 radical (unpaired) electrons. The van der Waals surface area contributed by atoms with E-state index in [0.29, 0.717) is 5.92 Å². The van der Waals surface area contributed by atoms with E-state index in [1.54, 1.807) is 0 Å². The zero-order valence-electron chi connectivity index (χ0n) is 7.12. The molecule has 0 aromatic heterocycles. The second-order valence-corrected chi connectivity index (χ2v) is 3.61. The van der Waals surface area contributed by atoms with Crippen LogP contribution in [-0.4, -0.2) is 18.8 Å². The summed E-state index contributed by atoms with van der Waals surface area (Å²) in [5, 5.41) is 2.53. The molecule has 0 unspecified atom stereocenters. The van der Waals surface area contributed by atoms with Crippen LogP contribution in [0, 0.1) is 5.92 Å². The highest BCUT2D eigenvalue weighted by atomic mass is 19.4. The lowest BCUT2D eigenvalue weighted by molar-refractivity contribution is -0.126. The first-order chi connectivity index (χ1) is 5.47. The normalized spacial score (nSPS) is 31.0. The summed E-state index contributed by atoms with van der Waals surface area (Å²) in [6.45, 7) is 1.24. The van der Waals surface area contributed by atoms with Crippen molar-refractivity contribution in [1.82, 2.24) is 5.32 Å². The van der Waals surface area contributed by atoms with Crippen LogP contribution in [0.5, 0.6) is 0 Å². The third kappa shape index (κ3) is 3.43. The molecule has 1 aliphatic carbocycles. The topological polar surface area (TPSA) is 12.0 Å². The van der Waals surface area contributed by atoms with Gasteiger partial charge in [0.05, 0.1) is 6.54 Å². The van der Waals surface area contributed by atoms with Gasteiger partial charge in [-0.1, -0.05) is 6.92 Å². The minimum atomic E-state index is -4.06. The number of halogens is 3. The second-order valence-electron chi connectivity index (χ2n) is 3.61. The Morgan fingerprint density at radius 3 is 2.42 bits per heavy atom. The van der Waals surface area contributed by atoms with E-state index in [9.17, 15) is 13.2 Å². The van der Waals surface area contributed by atoms with Gasteiger partial charge in [-0.2, -0.15) is 13.2 Å². The summed E-state index contributed by atoms with van der Waals surface area (Å²) < 4.78 is 35.2. The van der Waals surface area contributed by atoms with E-state index in [0.717, 1.165) is 19.3 Å². The molecule has 0 saturated heterocycles. The van der Waals surface area contributed by atoms with E-state index in [1.165, 1.54) is 0 Å². The Balaban J connectivity index is 2.16. The molecule has 72 valence electrons. The molecule has 12 heavy (non-hydrogen) atoms. The van der Waals surface area contributed by atoms with E-state index in [1.807, 2.05) is 0 Å². The molecular weight excluding hydrogens is 167 g/mol. The summed E-state index contributed by atoms with van der Waals surface area (Å²) in [5.74, 6) is 0.579. The van der Waals surface area contributed by atoms with Crippen LogP contribution in [0.15, 0.2) is 0 Å². The minimum Gasteiger partial charge on any atom is -0.306 e. The van der Waals surface area contributed by atoms with Crippen LogP contribution in [0.25, 0.3) is 0 Å². The molecule has 0 aromatic carbocycles. The molecule has 0 bridgehead atoms. The lowest BCUT2D eigenvalue weighted by atomic mass is 10.1. The fraction of sp³-hybridized carbons (Fsp3) is 1.00. The van der Waals surface area contributed by atoms with Gasteiger partial charge in [0.1, 0.15) is 0 Å². The van der Waals surface area contributed by atoms with Gasteiger partial charge in [-0.05, 0) is 25.2 Å². The second kappa shape index (κ2) is 3.64. The highest BCUT2D eigenvalue weighted by Crippen LogP contribution is 2.25. The van der Waals surface area contributed by atoms with Gasteiger partial charge in [0.2, 0.25) is 0 Å². The largest absolute Gasteiger partial charge is 0.401 e. The van der Waals surface area contributed by atoms with Gasteiger partial charge in [-0.3, -0.25) is 0 Å². The number of alkyl halides is 3. The summed E-state index contributed by atoms with van der Waals surface area (Å²) in [6, 6.07) is 0.0848. The number of hydrogen-bond acceptors (Lipinski definition) is 1. The van der Waals surface area contributed by atoms with Crippen LogP contribution < -0.4 is 5.32 Å². The van der Waals surface area contributed by atoms with E-state index in [-0.39, 0.29) is 6.04 Å². The standard InChI is InChI=1S/C8H14F3N/c1-6-2-3-7(4-6)12-5-8(9,10)11/h6-7,12H,2-5H2,1H3/t6-,7+/m0/s1. The molecule has 0 aliphatic heterocycles. The van der Waals surface area contributed by atoms with Crippen LogP contribution in [-0.2, 0) is 0 Å². The Bertz CT molecular complexity index is 144. The first-order valence-corrected chi connectivity index (χ1v) is 4.27. The molecule has 0 amide bonds. The van der Waals surface area contributed by atoms with Crippen LogP contribution in [0.2, 0.25) is 0 Å². The van der Waals surface area contributed by atoms with Crippen LogP contribution >= 0.6 is 0 Å². The zero-order valence-corrected chi connectivity index (χ0v) is 7.12. The Morgan fingerprint density at radius 2 is 2.00 bits per heavy atom. The fourth-order valence-electron chi connectivity index (χ4n) is 1.65. The summed E-state index contributed by atoms with van der Waals surface area (Å²) in [5.41, 5.74) is 0. The van der Waals surface area contributed by atoms with Crippen molar-refractivity contribution in [3.8, 4) is 0 Å². The molecular formula is C8H14F3N. The van der Waals surface area contributed by atoms with E-state index in [4.69, 9.17) is 0 Å². The van der Waals surface area contributed by atoms with Gasteiger partial charge in [-0.15, -0.1) is 0 Å². The van der Waals surface area contributed by atoms with Crippen molar-refractivity contribution in [3.63, 3.8) is 0 Å². The summed E-state index contributed by atoms with van der Waals surface area (Å²) in [4.78, 5) is 0. The van der Waals surface area contributed by atoms with Crippen LogP contribution in [0.3, 0.4) is 0 Å². The van der Waals surface area contributed by atoms with Gasteiger partial charge in [0, 0.05) is 6.04 Å². The molecule has 2 atom stereocenters. The van der Waals surface area contributed by atoms with Gasteiger partial charge in [0.15, 0.2) is 0 Å². The van der Waals surface area contributed by atoms with Crippen LogP contribution in [0.1, 0.15) is 26.2 Å². The molecule has 1 rings (SSSR count). The number of nitrogens with one attached hydrogen (secondary N) is 1. The van der Waals surface area contributed by atoms with E-state index >= 15 is 0 Å². The highest BCUT2D eigenvalue weighted by Gasteiger charge is 2.29. The summed E-state index contributed by atoms with van der Waals surface area (Å²) in [6.07, 6.45) is -1.24. The third-order valence-corrected chi connectivity index (χ3v) is 2.29. The molecule has 1 N–H and O–H groups in total. The average Bonchev–Trinajstić information content (AvgIpc) is 2.30. The lowest BCUT2D eigenvalue weighted by Crippen LogP contribution is -2.35. The van der Waals surface area contributed by atoms with Crippen LogP contribution in [0.4, 0.5) is 13.2 Å². The smallest absolute Gasteiger partial charge is 0.306 e. The molecule has 0 spiro atoms. The predicted octanol–water partition coefficient (Wildman–Crippen LogP) is 2.33. The molecule has 1 fully saturated rings. The van der Waals surface area contributed by atoms with Crippen molar-refractivity contribution in [1.29, 1.82) is 0 Å². The summed E-state index contributed by atoms with van der Waals surface area (Å²) >= 11 is 0. The highest BCUT2D eigenvalue weighted by molar-refractivity contribution is 4.78. The van der Waals surface area contributed by atoms with Crippen molar-refractivity contribution in [2.75, 3.05) is 6.54 Å². The van der Waals surface area contributed by atoms with Crippen molar-refractivity contribution >= 4 is 0 Å². The molecule has 0 aromatic rings. The maximum absolute atomic E-state index is 11.7. The van der Waals surface area contributed by atoms with Crippen molar-refractivity contribution in [2.24, 2.45) is 5.92 Å². The monoisotopic (exact) mass is 181 g/mol. The quantitative estimate of drug-likeness (QED) is 0.689. The van der Waals surface area contributed by atoms with Crippen molar-refractivity contribution < 1.29 is 13.2 Å². The summed E-state index contributed by atoms with van der Waals surface area (Å²) in [7, 11) is 0. The Labute approximate surface area is 70.3 Å². The molecule has 1 saturated carbocycles. The first kappa shape index (κ1) is 9.84. The maximum Gasteiger partial charge on any atom is 0.401 e. The predicted molar refractivity (Wildman–Crippen MR) is 40.9 cm³/mol. The Morgan fingerprint density at radius 1 is 1.33 bits per heavy atom. The van der Waals surface area contributed by atoms with Crippen molar-refractivity contribution in [2.45, 2.75) is 38.4 Å². The van der Waals surface area contributed by atoms with E-state index in [2.05, 4.69) is 12.2 Å². The fourth-order valence-corrected chi connectivity index (χ4v) is 1.65. The molecule has 0 heterocycles. The first-order valence-electron chi connectivity index (χ1n) is 4.27. The molecule has 4 heteroatoms. The molecule has 1 aliphatic rings. The third-order valence-electron chi connectivity index (χ3n) is 2.29.